The van der Waals surface area contributed by atoms with Crippen molar-refractivity contribution in [2.75, 3.05) is 25.6 Å². The monoisotopic (exact) mass is 456 g/mol. The summed E-state index contributed by atoms with van der Waals surface area (Å²) in [5.41, 5.74) is 4.40. The standard InChI is InChI=1S/C25H28N2O4.ClH/c1-31-24(30)22-17(20(29)15-28)13-21-25(18-9-5-6-10-19(18)26-23(22)25)11-12-27(21)14-16-7-3-2-4-8-16;/h2-10,17,20-21,26,28-29H,11-15H2,1H3;1H/t17?,20-,21+,25-;/m1./s1. The first-order valence-corrected chi connectivity index (χ1v) is 10.9. The van der Waals surface area contributed by atoms with Gasteiger partial charge in [0.15, 0.2) is 0 Å². The van der Waals surface area contributed by atoms with Crippen molar-refractivity contribution in [1.29, 1.82) is 0 Å². The first-order valence-electron chi connectivity index (χ1n) is 10.9. The largest absolute Gasteiger partial charge is 0.466 e. The van der Waals surface area contributed by atoms with Crippen molar-refractivity contribution < 1.29 is 19.7 Å². The van der Waals surface area contributed by atoms with Gasteiger partial charge in [0.1, 0.15) is 0 Å². The summed E-state index contributed by atoms with van der Waals surface area (Å²) < 4.78 is 5.15. The summed E-state index contributed by atoms with van der Waals surface area (Å²) >= 11 is 0. The number of ether oxygens (including phenoxy) is 1. The second-order valence-corrected chi connectivity index (χ2v) is 8.74. The lowest BCUT2D eigenvalue weighted by molar-refractivity contribution is -0.138. The number of methoxy groups -OCH3 is 1. The normalized spacial score (nSPS) is 27.0. The van der Waals surface area contributed by atoms with Gasteiger partial charge < -0.3 is 20.3 Å². The fraction of sp³-hybridized carbons (Fsp3) is 0.400. The molecule has 2 aromatic carbocycles. The molecule has 5 rings (SSSR count). The summed E-state index contributed by atoms with van der Waals surface area (Å²) in [6.07, 6.45) is 0.439. The Morgan fingerprint density at radius 1 is 1.22 bits per heavy atom. The van der Waals surface area contributed by atoms with Gasteiger partial charge in [0.25, 0.3) is 0 Å². The van der Waals surface area contributed by atoms with E-state index in [0.29, 0.717) is 12.0 Å². The number of carbonyl (C=O) groups excluding carboxylic acids is 1. The number of halogens is 1. The molecule has 0 saturated carbocycles. The highest BCUT2D eigenvalue weighted by molar-refractivity contribution is 5.93. The number of carbonyl (C=O) groups is 1. The minimum atomic E-state index is -1.02. The molecule has 2 aliphatic heterocycles. The molecule has 2 heterocycles. The third-order valence-corrected chi connectivity index (χ3v) is 7.32. The summed E-state index contributed by atoms with van der Waals surface area (Å²) in [5, 5.41) is 24.0. The van der Waals surface area contributed by atoms with Crippen LogP contribution in [0.25, 0.3) is 0 Å². The van der Waals surface area contributed by atoms with Crippen LogP contribution in [0.15, 0.2) is 65.9 Å². The van der Waals surface area contributed by atoms with Gasteiger partial charge >= 0.3 is 5.97 Å². The molecule has 0 aromatic heterocycles. The summed E-state index contributed by atoms with van der Waals surface area (Å²) in [4.78, 5) is 15.4. The summed E-state index contributed by atoms with van der Waals surface area (Å²) in [7, 11) is 1.37. The molecule has 4 atom stereocenters. The number of esters is 1. The molecule has 3 N–H and O–H groups in total. The quantitative estimate of drug-likeness (QED) is 0.600. The van der Waals surface area contributed by atoms with Crippen LogP contribution >= 0.6 is 12.4 Å². The molecule has 0 radical (unpaired) electrons. The van der Waals surface area contributed by atoms with Gasteiger partial charge in [0.2, 0.25) is 0 Å². The van der Waals surface area contributed by atoms with E-state index in [9.17, 15) is 15.0 Å². The molecule has 7 heteroatoms. The van der Waals surface area contributed by atoms with Crippen LogP contribution in [0.2, 0.25) is 0 Å². The third-order valence-electron chi connectivity index (χ3n) is 7.32. The van der Waals surface area contributed by atoms with E-state index in [1.807, 2.05) is 36.4 Å². The average molecular weight is 457 g/mol. The Hall–Kier alpha value is -2.38. The van der Waals surface area contributed by atoms with Crippen LogP contribution in [0.1, 0.15) is 24.0 Å². The lowest BCUT2D eigenvalue weighted by atomic mass is 9.63. The van der Waals surface area contributed by atoms with Crippen molar-refractivity contribution in [2.45, 2.75) is 36.9 Å². The van der Waals surface area contributed by atoms with Crippen LogP contribution in [-0.4, -0.2) is 53.5 Å². The molecule has 1 saturated heterocycles. The number of nitrogens with zero attached hydrogens (tertiary/aromatic N) is 1. The summed E-state index contributed by atoms with van der Waals surface area (Å²) in [5.74, 6) is -0.934. The molecule has 6 nitrogen and oxygen atoms in total. The lowest BCUT2D eigenvalue weighted by Gasteiger charge is -2.44. The number of anilines is 1. The molecule has 170 valence electrons. The number of para-hydroxylation sites is 1. The number of hydrogen-bond donors (Lipinski definition) is 3. The van der Waals surface area contributed by atoms with Crippen LogP contribution in [0.4, 0.5) is 5.69 Å². The topological polar surface area (TPSA) is 82.0 Å². The van der Waals surface area contributed by atoms with Gasteiger partial charge in [-0.1, -0.05) is 48.5 Å². The molecule has 3 aliphatic rings. The van der Waals surface area contributed by atoms with Crippen molar-refractivity contribution >= 4 is 24.1 Å². The summed E-state index contributed by atoms with van der Waals surface area (Å²) in [6.45, 7) is 1.29. The number of hydrogen-bond acceptors (Lipinski definition) is 6. The van der Waals surface area contributed by atoms with Crippen LogP contribution < -0.4 is 5.32 Å². The van der Waals surface area contributed by atoms with Gasteiger partial charge in [-0.3, -0.25) is 4.90 Å². The Morgan fingerprint density at radius 3 is 2.66 bits per heavy atom. The minimum Gasteiger partial charge on any atom is -0.466 e. The lowest BCUT2D eigenvalue weighted by Crippen LogP contribution is -2.51. The van der Waals surface area contributed by atoms with E-state index in [1.54, 1.807) is 0 Å². The number of likely N-dealkylation sites (tertiary alicyclic amines) is 1. The fourth-order valence-corrected chi connectivity index (χ4v) is 5.97. The van der Waals surface area contributed by atoms with Crippen LogP contribution in [0, 0.1) is 5.92 Å². The van der Waals surface area contributed by atoms with E-state index in [1.165, 1.54) is 18.2 Å². The Morgan fingerprint density at radius 2 is 1.94 bits per heavy atom. The zero-order chi connectivity index (χ0) is 21.6. The zero-order valence-corrected chi connectivity index (χ0v) is 18.8. The number of aliphatic hydroxyl groups is 2. The number of fused-ring (bicyclic) bond motifs is 1. The van der Waals surface area contributed by atoms with Gasteiger partial charge in [0.05, 0.1) is 30.8 Å². The molecule has 0 bridgehead atoms. The SMILES string of the molecule is COC(=O)C1=C2Nc3ccccc3[C@@]23CCN(Cc2ccccc2)[C@H]3CC1[C@H](O)CO.Cl. The Balaban J connectivity index is 0.00000245. The van der Waals surface area contributed by atoms with E-state index in [2.05, 4.69) is 28.4 Å². The fourth-order valence-electron chi connectivity index (χ4n) is 5.97. The number of rotatable bonds is 5. The third kappa shape index (κ3) is 3.33. The van der Waals surface area contributed by atoms with Gasteiger partial charge in [-0.2, -0.15) is 0 Å². The van der Waals surface area contributed by atoms with E-state index in [0.717, 1.165) is 30.9 Å². The first-order chi connectivity index (χ1) is 15.1. The highest BCUT2D eigenvalue weighted by atomic mass is 35.5. The van der Waals surface area contributed by atoms with E-state index in [4.69, 9.17) is 4.74 Å². The highest BCUT2D eigenvalue weighted by Crippen LogP contribution is 2.59. The Bertz CT molecular complexity index is 1030. The number of nitrogens with one attached hydrogen (secondary N) is 1. The number of aliphatic hydroxyl groups excluding tert-OH is 2. The Labute approximate surface area is 194 Å². The zero-order valence-electron chi connectivity index (χ0n) is 18.0. The van der Waals surface area contributed by atoms with Crippen molar-refractivity contribution in [2.24, 2.45) is 5.92 Å². The Kier molecular flexibility index (Phi) is 6.32. The molecule has 1 aliphatic carbocycles. The maximum Gasteiger partial charge on any atom is 0.335 e. The minimum absolute atomic E-state index is 0. The van der Waals surface area contributed by atoms with Crippen molar-refractivity contribution in [3.8, 4) is 0 Å². The van der Waals surface area contributed by atoms with Gasteiger partial charge in [0, 0.05) is 36.4 Å². The van der Waals surface area contributed by atoms with E-state index < -0.39 is 24.6 Å². The molecule has 1 fully saturated rings. The average Bonchev–Trinajstić information content (AvgIpc) is 3.34. The van der Waals surface area contributed by atoms with Gasteiger partial charge in [-0.25, -0.2) is 4.79 Å². The van der Waals surface area contributed by atoms with Gasteiger partial charge in [-0.05, 0) is 30.0 Å². The van der Waals surface area contributed by atoms with Crippen molar-refractivity contribution in [3.05, 3.63) is 77.0 Å². The van der Waals surface area contributed by atoms with Crippen molar-refractivity contribution in [3.63, 3.8) is 0 Å². The molecular weight excluding hydrogens is 428 g/mol. The second kappa shape index (κ2) is 8.87. The van der Waals surface area contributed by atoms with Gasteiger partial charge in [-0.15, -0.1) is 12.4 Å². The van der Waals surface area contributed by atoms with Crippen LogP contribution in [0.3, 0.4) is 0 Å². The first kappa shape index (κ1) is 22.8. The number of benzene rings is 2. The molecule has 1 unspecified atom stereocenters. The maximum absolute atomic E-state index is 12.9. The van der Waals surface area contributed by atoms with Crippen LogP contribution in [0.5, 0.6) is 0 Å². The molecule has 2 aromatic rings. The predicted octanol–water partition coefficient (Wildman–Crippen LogP) is 2.85. The smallest absolute Gasteiger partial charge is 0.335 e. The van der Waals surface area contributed by atoms with Crippen molar-refractivity contribution in [1.82, 2.24) is 4.90 Å². The van der Waals surface area contributed by atoms with E-state index in [-0.39, 0.29) is 23.9 Å². The predicted molar refractivity (Wildman–Crippen MR) is 124 cm³/mol. The van der Waals surface area contributed by atoms with Crippen LogP contribution in [-0.2, 0) is 21.5 Å². The molecule has 32 heavy (non-hydrogen) atoms. The van der Waals surface area contributed by atoms with E-state index >= 15 is 0 Å². The molecule has 0 amide bonds. The highest BCUT2D eigenvalue weighted by Gasteiger charge is 2.60. The summed E-state index contributed by atoms with van der Waals surface area (Å²) in [6, 6.07) is 18.7. The molecule has 1 spiro atoms. The second-order valence-electron chi connectivity index (χ2n) is 8.74. The maximum atomic E-state index is 12.9. The molecular formula is C25H29ClN2O4.